The van der Waals surface area contributed by atoms with E-state index in [1.165, 1.54) is 30.4 Å². The maximum absolute atomic E-state index is 14.5. The van der Waals surface area contributed by atoms with E-state index in [-0.39, 0.29) is 22.6 Å². The maximum atomic E-state index is 14.5. The Morgan fingerprint density at radius 2 is 1.97 bits per heavy atom. The summed E-state index contributed by atoms with van der Waals surface area (Å²) in [5, 5.41) is 0.904. The molecule has 1 saturated heterocycles. The molecule has 3 aliphatic rings. The van der Waals surface area contributed by atoms with Crippen LogP contribution < -0.4 is 5.56 Å². The molecule has 1 spiro atoms. The van der Waals surface area contributed by atoms with Gasteiger partial charge in [0.1, 0.15) is 0 Å². The van der Waals surface area contributed by atoms with Crippen molar-refractivity contribution in [2.45, 2.75) is 101 Å². The van der Waals surface area contributed by atoms with Crippen molar-refractivity contribution < 1.29 is 4.74 Å². The van der Waals surface area contributed by atoms with E-state index in [2.05, 4.69) is 49.6 Å². The molecule has 2 aliphatic carbocycles. The number of ether oxygens (including phenoxy) is 1. The summed E-state index contributed by atoms with van der Waals surface area (Å²) in [6.45, 7) is 7.19. The zero-order valence-corrected chi connectivity index (χ0v) is 20.6. The number of benzene rings is 1. The zero-order valence-electron chi connectivity index (χ0n) is 19.8. The van der Waals surface area contributed by atoms with E-state index < -0.39 is 0 Å². The predicted octanol–water partition coefficient (Wildman–Crippen LogP) is 6.30. The third-order valence-electron chi connectivity index (χ3n) is 7.70. The molecule has 1 aromatic carbocycles. The van der Waals surface area contributed by atoms with Crippen LogP contribution >= 0.6 is 11.8 Å². The van der Waals surface area contributed by atoms with Gasteiger partial charge in [0.25, 0.3) is 5.56 Å². The van der Waals surface area contributed by atoms with Gasteiger partial charge in [-0.05, 0) is 57.9 Å². The first kappa shape index (κ1) is 22.2. The molecule has 2 aromatic rings. The quantitative estimate of drug-likeness (QED) is 0.403. The van der Waals surface area contributed by atoms with Crippen molar-refractivity contribution in [3.05, 3.63) is 45.7 Å². The van der Waals surface area contributed by atoms with Crippen LogP contribution in [0.25, 0.3) is 11.3 Å². The molecule has 2 fully saturated rings. The fourth-order valence-electron chi connectivity index (χ4n) is 6.24. The normalized spacial score (nSPS) is 23.5. The number of aromatic nitrogens is 2. The van der Waals surface area contributed by atoms with E-state index in [9.17, 15) is 4.79 Å². The van der Waals surface area contributed by atoms with Crippen LogP contribution in [0.15, 0.2) is 34.2 Å². The molecule has 0 radical (unpaired) electrons. The van der Waals surface area contributed by atoms with Crippen LogP contribution in [0, 0.1) is 0 Å². The molecule has 0 bridgehead atoms. The number of fused-ring (bicyclic) bond motifs is 4. The van der Waals surface area contributed by atoms with Crippen LogP contribution in [-0.2, 0) is 16.6 Å². The lowest BCUT2D eigenvalue weighted by Gasteiger charge is -2.43. The van der Waals surface area contributed by atoms with E-state index >= 15 is 0 Å². The van der Waals surface area contributed by atoms with Gasteiger partial charge in [0, 0.05) is 29.4 Å². The number of hydrogen-bond acceptors (Lipinski definition) is 4. The molecule has 4 nitrogen and oxygen atoms in total. The van der Waals surface area contributed by atoms with Gasteiger partial charge in [-0.25, -0.2) is 4.98 Å². The first-order valence-electron chi connectivity index (χ1n) is 12.5. The Kier molecular flexibility index (Phi) is 6.00. The molecule has 1 aliphatic heterocycles. The monoisotopic (exact) mass is 452 g/mol. The van der Waals surface area contributed by atoms with Crippen LogP contribution in [0.5, 0.6) is 0 Å². The first-order valence-corrected chi connectivity index (χ1v) is 13.4. The van der Waals surface area contributed by atoms with Gasteiger partial charge < -0.3 is 4.74 Å². The Morgan fingerprint density at radius 1 is 1.19 bits per heavy atom. The Labute approximate surface area is 196 Å². The second-order valence-electron chi connectivity index (χ2n) is 10.6. The molecule has 32 heavy (non-hydrogen) atoms. The largest absolute Gasteiger partial charge is 0.375 e. The fraction of sp³-hybridized carbons (Fsp3) is 0.630. The third-order valence-corrected chi connectivity index (χ3v) is 8.86. The minimum Gasteiger partial charge on any atom is -0.375 e. The number of rotatable bonds is 4. The molecular formula is C27H36N2O2S. The summed E-state index contributed by atoms with van der Waals surface area (Å²) in [5.74, 6) is 0.977. The second-order valence-corrected chi connectivity index (χ2v) is 11.6. The zero-order chi connectivity index (χ0) is 22.3. The smallest absolute Gasteiger partial charge is 0.258 e. The Bertz CT molecular complexity index is 1050. The first-order chi connectivity index (χ1) is 15.4. The van der Waals surface area contributed by atoms with E-state index in [1.807, 2.05) is 0 Å². The van der Waals surface area contributed by atoms with E-state index in [0.29, 0.717) is 6.61 Å². The molecule has 1 saturated carbocycles. The molecule has 0 amide bonds. The Balaban J connectivity index is 1.74. The topological polar surface area (TPSA) is 44.1 Å². The van der Waals surface area contributed by atoms with Crippen molar-refractivity contribution in [1.82, 2.24) is 9.55 Å². The summed E-state index contributed by atoms with van der Waals surface area (Å²) in [4.78, 5) is 19.8. The number of thioether (sulfide) groups is 1. The summed E-state index contributed by atoms with van der Waals surface area (Å²) < 4.78 is 8.10. The van der Waals surface area contributed by atoms with Crippen LogP contribution in [0.2, 0.25) is 0 Å². The van der Waals surface area contributed by atoms with Crippen molar-refractivity contribution in [1.29, 1.82) is 0 Å². The highest BCUT2D eigenvalue weighted by Gasteiger charge is 2.44. The summed E-state index contributed by atoms with van der Waals surface area (Å²) in [5.41, 5.74) is 4.50. The van der Waals surface area contributed by atoms with Gasteiger partial charge in [-0.15, -0.1) is 0 Å². The summed E-state index contributed by atoms with van der Waals surface area (Å²) in [6, 6.07) is 8.81. The number of hydrogen-bond donors (Lipinski definition) is 0. The van der Waals surface area contributed by atoms with Crippen molar-refractivity contribution in [2.75, 3.05) is 12.4 Å². The van der Waals surface area contributed by atoms with E-state index in [0.717, 1.165) is 60.7 Å². The van der Waals surface area contributed by atoms with Crippen molar-refractivity contribution in [3.63, 3.8) is 0 Å². The highest BCUT2D eigenvalue weighted by atomic mass is 32.2. The molecule has 172 valence electrons. The van der Waals surface area contributed by atoms with Crippen LogP contribution in [-0.4, -0.2) is 27.5 Å². The molecule has 5 heteroatoms. The minimum absolute atomic E-state index is 0.0532. The summed E-state index contributed by atoms with van der Waals surface area (Å²) >= 11 is 1.75. The lowest BCUT2D eigenvalue weighted by Crippen LogP contribution is -2.45. The van der Waals surface area contributed by atoms with Gasteiger partial charge in [-0.3, -0.25) is 9.36 Å². The SMILES string of the molecule is CCCSc1nc2c(c(=O)n1[C@H]1CCOC(C)(C)C1)C1(CCCCC1)Cc1ccccc1-2. The second kappa shape index (κ2) is 8.64. The van der Waals surface area contributed by atoms with Gasteiger partial charge in [0.15, 0.2) is 5.16 Å². The molecule has 1 atom stereocenters. The minimum atomic E-state index is -0.208. The standard InChI is InChI=1S/C27H36N2O2S/c1-4-16-32-25-28-23-21-11-7-6-10-19(21)17-27(13-8-5-9-14-27)22(23)24(30)29(25)20-12-15-31-26(2,3)18-20/h6-7,10-11,20H,4-5,8-9,12-18H2,1-3H3/t20-/m0/s1. The van der Waals surface area contributed by atoms with Crippen molar-refractivity contribution in [3.8, 4) is 11.3 Å². The highest BCUT2D eigenvalue weighted by Crippen LogP contribution is 2.49. The molecule has 2 heterocycles. The number of nitrogens with zero attached hydrogens (tertiary/aromatic N) is 2. The molecule has 0 unspecified atom stereocenters. The van der Waals surface area contributed by atoms with Gasteiger partial charge in [0.05, 0.1) is 16.9 Å². The van der Waals surface area contributed by atoms with Gasteiger partial charge in [0.2, 0.25) is 0 Å². The summed E-state index contributed by atoms with van der Waals surface area (Å²) in [6.07, 6.45) is 9.68. The third kappa shape index (κ3) is 3.86. The summed E-state index contributed by atoms with van der Waals surface area (Å²) in [7, 11) is 0. The van der Waals surface area contributed by atoms with Gasteiger partial charge in [-0.2, -0.15) is 0 Å². The Morgan fingerprint density at radius 3 is 2.72 bits per heavy atom. The molecule has 0 N–H and O–H groups in total. The molecular weight excluding hydrogens is 416 g/mol. The highest BCUT2D eigenvalue weighted by molar-refractivity contribution is 7.99. The molecule has 1 aromatic heterocycles. The molecule has 5 rings (SSSR count). The maximum Gasteiger partial charge on any atom is 0.258 e. The van der Waals surface area contributed by atoms with Gasteiger partial charge >= 0.3 is 0 Å². The van der Waals surface area contributed by atoms with Crippen molar-refractivity contribution >= 4 is 11.8 Å². The predicted molar refractivity (Wildman–Crippen MR) is 132 cm³/mol. The average Bonchev–Trinajstić information content (AvgIpc) is 2.77. The lowest BCUT2D eigenvalue weighted by molar-refractivity contribution is -0.0710. The van der Waals surface area contributed by atoms with E-state index in [4.69, 9.17) is 9.72 Å². The lowest BCUT2D eigenvalue weighted by atomic mass is 9.62. The van der Waals surface area contributed by atoms with Crippen molar-refractivity contribution in [2.24, 2.45) is 0 Å². The van der Waals surface area contributed by atoms with Crippen LogP contribution in [0.1, 0.15) is 89.3 Å². The van der Waals surface area contributed by atoms with Gasteiger partial charge in [-0.1, -0.05) is 62.2 Å². The van der Waals surface area contributed by atoms with E-state index in [1.54, 1.807) is 11.8 Å². The van der Waals surface area contributed by atoms with Crippen LogP contribution in [0.3, 0.4) is 0 Å². The average molecular weight is 453 g/mol. The Hall–Kier alpha value is -1.59. The fourth-order valence-corrected chi connectivity index (χ4v) is 7.15. The van der Waals surface area contributed by atoms with Crippen LogP contribution in [0.4, 0.5) is 0 Å².